The normalized spacial score (nSPS) is 15.5. The summed E-state index contributed by atoms with van der Waals surface area (Å²) in [5, 5.41) is 11.3. The Morgan fingerprint density at radius 1 is 1.20 bits per heavy atom. The van der Waals surface area contributed by atoms with E-state index in [2.05, 4.69) is 18.7 Å². The summed E-state index contributed by atoms with van der Waals surface area (Å²) >= 11 is 0. The number of hydrogen-bond donors (Lipinski definition) is 1. The summed E-state index contributed by atoms with van der Waals surface area (Å²) in [6.07, 6.45) is 3.64. The number of nitrogens with zero attached hydrogens (tertiary/aromatic N) is 3. The van der Waals surface area contributed by atoms with Crippen molar-refractivity contribution in [2.75, 3.05) is 31.1 Å². The first-order valence-corrected chi connectivity index (χ1v) is 8.83. The van der Waals surface area contributed by atoms with Crippen molar-refractivity contribution in [3.05, 3.63) is 48.2 Å². The third-order valence-electron chi connectivity index (χ3n) is 4.64. The van der Waals surface area contributed by atoms with Gasteiger partial charge >= 0.3 is 0 Å². The lowest BCUT2D eigenvalue weighted by atomic mass is 10.1. The summed E-state index contributed by atoms with van der Waals surface area (Å²) in [4.78, 5) is 16.4. The quantitative estimate of drug-likeness (QED) is 0.531. The third-order valence-corrected chi connectivity index (χ3v) is 4.64. The van der Waals surface area contributed by atoms with Gasteiger partial charge in [-0.15, -0.1) is 0 Å². The highest BCUT2D eigenvalue weighted by Crippen LogP contribution is 2.26. The topological polar surface area (TPSA) is 47.7 Å². The first-order chi connectivity index (χ1) is 12.0. The average Bonchev–Trinajstić information content (AvgIpc) is 2.63. The highest BCUT2D eigenvalue weighted by molar-refractivity contribution is 5.90. The van der Waals surface area contributed by atoms with Crippen molar-refractivity contribution in [1.82, 2.24) is 4.90 Å². The van der Waals surface area contributed by atoms with Crippen molar-refractivity contribution >= 4 is 22.5 Å². The van der Waals surface area contributed by atoms with Gasteiger partial charge in [-0.3, -0.25) is 10.0 Å². The standard InChI is InChI=1S/C20H26N3O2/c1-15(2)8-9-20(24)22-12-10-21(11-13-22)19-14-16(3)23(25)18-7-5-4-6-17(18)19/h4-9,14-15,25H,10-13H2,1-3H3/q+1/b9-8+. The van der Waals surface area contributed by atoms with Gasteiger partial charge in [0.1, 0.15) is 0 Å². The largest absolute Gasteiger partial charge is 0.367 e. The molecule has 0 atom stereocenters. The van der Waals surface area contributed by atoms with Crippen molar-refractivity contribution in [3.63, 3.8) is 0 Å². The van der Waals surface area contributed by atoms with Gasteiger partial charge in [-0.05, 0) is 18.1 Å². The molecule has 1 amide bonds. The molecule has 1 saturated heterocycles. The van der Waals surface area contributed by atoms with E-state index in [4.69, 9.17) is 0 Å². The van der Waals surface area contributed by atoms with Crippen molar-refractivity contribution in [2.24, 2.45) is 5.92 Å². The Hall–Kier alpha value is -2.56. The minimum absolute atomic E-state index is 0.0932. The number of hydrogen-bond acceptors (Lipinski definition) is 3. The molecule has 0 bridgehead atoms. The summed E-state index contributed by atoms with van der Waals surface area (Å²) in [6.45, 7) is 9.04. The maximum absolute atomic E-state index is 12.2. The predicted octanol–water partition coefficient (Wildman–Crippen LogP) is 2.53. The summed E-state index contributed by atoms with van der Waals surface area (Å²) in [7, 11) is 0. The van der Waals surface area contributed by atoms with E-state index in [0.717, 1.165) is 35.4 Å². The van der Waals surface area contributed by atoms with Gasteiger partial charge in [0.25, 0.3) is 5.52 Å². The van der Waals surface area contributed by atoms with E-state index in [0.29, 0.717) is 19.0 Å². The van der Waals surface area contributed by atoms with Gasteiger partial charge < -0.3 is 9.80 Å². The number of carbonyl (C=O) groups excluding carboxylic acids is 1. The van der Waals surface area contributed by atoms with Crippen LogP contribution in [0.4, 0.5) is 5.69 Å². The molecule has 1 aromatic carbocycles. The lowest BCUT2D eigenvalue weighted by Gasteiger charge is -2.36. The molecule has 5 nitrogen and oxygen atoms in total. The van der Waals surface area contributed by atoms with Crippen LogP contribution in [0.3, 0.4) is 0 Å². The fourth-order valence-corrected chi connectivity index (χ4v) is 3.21. The number of aromatic nitrogens is 1. The molecule has 3 rings (SSSR count). The third kappa shape index (κ3) is 3.60. The second-order valence-electron chi connectivity index (χ2n) is 6.92. The molecule has 2 heterocycles. The minimum atomic E-state index is 0.0932. The van der Waals surface area contributed by atoms with Crippen LogP contribution in [-0.4, -0.2) is 42.2 Å². The first kappa shape index (κ1) is 17.3. The second-order valence-corrected chi connectivity index (χ2v) is 6.92. The maximum Gasteiger partial charge on any atom is 0.266 e. The SMILES string of the molecule is Cc1cc(N2CCN(C(=O)/C=C/C(C)C)CC2)c2ccccc2[n+]1O. The molecule has 1 fully saturated rings. The number of aryl methyl sites for hydroxylation is 1. The predicted molar refractivity (Wildman–Crippen MR) is 98.8 cm³/mol. The van der Waals surface area contributed by atoms with Crippen LogP contribution >= 0.6 is 0 Å². The average molecular weight is 340 g/mol. The van der Waals surface area contributed by atoms with Gasteiger partial charge in [0.05, 0.1) is 11.1 Å². The van der Waals surface area contributed by atoms with E-state index in [1.165, 1.54) is 4.73 Å². The zero-order chi connectivity index (χ0) is 18.0. The van der Waals surface area contributed by atoms with Crippen molar-refractivity contribution in [3.8, 4) is 0 Å². The molecular formula is C20H26N3O2+. The van der Waals surface area contributed by atoms with E-state index < -0.39 is 0 Å². The number of benzene rings is 1. The van der Waals surface area contributed by atoms with E-state index in [-0.39, 0.29) is 5.91 Å². The molecule has 0 spiro atoms. The van der Waals surface area contributed by atoms with Crippen molar-refractivity contribution < 1.29 is 14.7 Å². The highest BCUT2D eigenvalue weighted by atomic mass is 16.5. The first-order valence-electron chi connectivity index (χ1n) is 8.83. The fourth-order valence-electron chi connectivity index (χ4n) is 3.21. The number of para-hydroxylation sites is 1. The van der Waals surface area contributed by atoms with E-state index in [9.17, 15) is 10.0 Å². The Labute approximate surface area is 148 Å². The summed E-state index contributed by atoms with van der Waals surface area (Å²) in [6, 6.07) is 9.87. The molecule has 1 N–H and O–H groups in total. The van der Waals surface area contributed by atoms with Crippen LogP contribution < -0.4 is 9.63 Å². The summed E-state index contributed by atoms with van der Waals surface area (Å²) < 4.78 is 1.23. The fraction of sp³-hybridized carbons (Fsp3) is 0.400. The van der Waals surface area contributed by atoms with Gasteiger partial charge in [0.2, 0.25) is 11.6 Å². The second kappa shape index (κ2) is 7.13. The van der Waals surface area contributed by atoms with Crippen LogP contribution in [-0.2, 0) is 4.79 Å². The number of allylic oxidation sites excluding steroid dienone is 1. The van der Waals surface area contributed by atoms with Gasteiger partial charge in [-0.25, -0.2) is 0 Å². The zero-order valence-corrected chi connectivity index (χ0v) is 15.1. The molecule has 0 unspecified atom stereocenters. The highest BCUT2D eigenvalue weighted by Gasteiger charge is 2.24. The van der Waals surface area contributed by atoms with Crippen LogP contribution in [0.1, 0.15) is 19.5 Å². The molecule has 0 radical (unpaired) electrons. The van der Waals surface area contributed by atoms with Crippen molar-refractivity contribution in [1.29, 1.82) is 0 Å². The molecule has 25 heavy (non-hydrogen) atoms. The van der Waals surface area contributed by atoms with Gasteiger partial charge in [-0.2, -0.15) is 0 Å². The van der Waals surface area contributed by atoms with E-state index in [1.807, 2.05) is 48.2 Å². The van der Waals surface area contributed by atoms with Gasteiger partial charge in [0, 0.05) is 50.0 Å². The van der Waals surface area contributed by atoms with Gasteiger partial charge in [-0.1, -0.05) is 32.1 Å². The summed E-state index contributed by atoms with van der Waals surface area (Å²) in [5.74, 6) is 0.477. The Morgan fingerprint density at radius 3 is 2.56 bits per heavy atom. The monoisotopic (exact) mass is 340 g/mol. The zero-order valence-electron chi connectivity index (χ0n) is 15.1. The molecule has 2 aromatic rings. The molecule has 132 valence electrons. The lowest BCUT2D eigenvalue weighted by molar-refractivity contribution is -0.888. The van der Waals surface area contributed by atoms with Crippen LogP contribution in [0.2, 0.25) is 0 Å². The van der Waals surface area contributed by atoms with Crippen LogP contribution in [0.25, 0.3) is 10.9 Å². The molecule has 5 heteroatoms. The number of anilines is 1. The lowest BCUT2D eigenvalue weighted by Crippen LogP contribution is -2.48. The number of piperazine rings is 1. The summed E-state index contributed by atoms with van der Waals surface area (Å²) in [5.41, 5.74) is 2.71. The molecule has 0 aliphatic carbocycles. The van der Waals surface area contributed by atoms with Crippen LogP contribution in [0.5, 0.6) is 0 Å². The number of fused-ring (bicyclic) bond motifs is 1. The van der Waals surface area contributed by atoms with E-state index >= 15 is 0 Å². The Morgan fingerprint density at radius 2 is 1.88 bits per heavy atom. The number of pyridine rings is 1. The van der Waals surface area contributed by atoms with Crippen molar-refractivity contribution in [2.45, 2.75) is 20.8 Å². The van der Waals surface area contributed by atoms with E-state index in [1.54, 1.807) is 6.08 Å². The van der Waals surface area contributed by atoms with Crippen LogP contribution in [0.15, 0.2) is 42.5 Å². The van der Waals surface area contributed by atoms with Gasteiger partial charge in [0.15, 0.2) is 0 Å². The Kier molecular flexibility index (Phi) is 4.93. The molecular weight excluding hydrogens is 314 g/mol. The maximum atomic E-state index is 12.2. The number of carbonyl (C=O) groups is 1. The number of rotatable bonds is 3. The minimum Gasteiger partial charge on any atom is -0.367 e. The number of amides is 1. The molecule has 0 saturated carbocycles. The Balaban J connectivity index is 1.79. The Bertz CT molecular complexity index is 806. The molecule has 1 aliphatic rings. The molecule has 1 aliphatic heterocycles. The smallest absolute Gasteiger partial charge is 0.266 e. The van der Waals surface area contributed by atoms with Crippen LogP contribution in [0, 0.1) is 12.8 Å². The molecule has 1 aromatic heterocycles.